The highest BCUT2D eigenvalue weighted by Gasteiger charge is 2.24. The van der Waals surface area contributed by atoms with Crippen LogP contribution in [0.15, 0.2) is 0 Å². The van der Waals surface area contributed by atoms with E-state index in [-0.39, 0.29) is 12.0 Å². The van der Waals surface area contributed by atoms with E-state index in [1.54, 1.807) is 4.57 Å². The molecule has 0 saturated heterocycles. The Hall–Kier alpha value is -1.85. The molecular weight excluding hydrogens is 234 g/mol. The number of amides is 1. The zero-order valence-electron chi connectivity index (χ0n) is 11.2. The van der Waals surface area contributed by atoms with Gasteiger partial charge in [-0.3, -0.25) is 4.79 Å². The molecule has 0 aromatic carbocycles. The van der Waals surface area contributed by atoms with Crippen LogP contribution in [0.4, 0.5) is 4.79 Å². The number of carbonyl (C=O) groups excluding carboxylic acids is 2. The largest absolute Gasteiger partial charge is 0.448 e. The zero-order chi connectivity index (χ0) is 13.9. The second-order valence-electron chi connectivity index (χ2n) is 5.08. The number of imidazole rings is 1. The molecular formula is C12H19N3O3. The quantitative estimate of drug-likeness (QED) is 0.821. The third-order valence-electron chi connectivity index (χ3n) is 2.58. The molecule has 0 bridgehead atoms. The van der Waals surface area contributed by atoms with Crippen molar-refractivity contribution in [3.05, 3.63) is 17.2 Å². The summed E-state index contributed by atoms with van der Waals surface area (Å²) in [7, 11) is 0. The van der Waals surface area contributed by atoms with Crippen LogP contribution in [0.5, 0.6) is 0 Å². The van der Waals surface area contributed by atoms with Gasteiger partial charge in [0.25, 0.3) is 0 Å². The highest BCUT2D eigenvalue weighted by Crippen LogP contribution is 2.24. The minimum absolute atomic E-state index is 0.122. The fourth-order valence-corrected chi connectivity index (χ4v) is 1.77. The van der Waals surface area contributed by atoms with Gasteiger partial charge in [-0.2, -0.15) is 0 Å². The van der Waals surface area contributed by atoms with E-state index < -0.39 is 6.09 Å². The van der Waals surface area contributed by atoms with Crippen molar-refractivity contribution in [2.75, 3.05) is 6.61 Å². The van der Waals surface area contributed by atoms with Crippen molar-refractivity contribution in [2.45, 2.75) is 39.7 Å². The average Bonchev–Trinajstić information content (AvgIpc) is 2.55. The van der Waals surface area contributed by atoms with E-state index in [2.05, 4.69) is 9.72 Å². The molecule has 100 valence electrons. The second kappa shape index (κ2) is 5.20. The van der Waals surface area contributed by atoms with Gasteiger partial charge in [0, 0.05) is 5.41 Å². The lowest BCUT2D eigenvalue weighted by Crippen LogP contribution is -2.19. The molecule has 0 atom stereocenters. The number of rotatable bonds is 4. The van der Waals surface area contributed by atoms with Crippen LogP contribution in [-0.2, 0) is 16.7 Å². The maximum atomic E-state index is 11.2. The van der Waals surface area contributed by atoms with E-state index in [4.69, 9.17) is 5.73 Å². The molecule has 1 rings (SSSR count). The topological polar surface area (TPSA) is 87.2 Å². The monoisotopic (exact) mass is 253 g/mol. The second-order valence-corrected chi connectivity index (χ2v) is 5.08. The highest BCUT2D eigenvalue weighted by molar-refractivity contribution is 5.75. The lowest BCUT2D eigenvalue weighted by Gasteiger charge is -2.16. The molecule has 0 saturated carbocycles. The third-order valence-corrected chi connectivity index (χ3v) is 2.58. The van der Waals surface area contributed by atoms with Gasteiger partial charge in [-0.15, -0.1) is 0 Å². The summed E-state index contributed by atoms with van der Waals surface area (Å²) in [6.45, 7) is 8.28. The van der Waals surface area contributed by atoms with Gasteiger partial charge in [-0.25, -0.2) is 9.78 Å². The summed E-state index contributed by atoms with van der Waals surface area (Å²) in [5.74, 6) is 0.718. The maximum absolute atomic E-state index is 11.2. The molecule has 6 nitrogen and oxygen atoms in total. The number of carbonyl (C=O) groups is 2. The summed E-state index contributed by atoms with van der Waals surface area (Å²) < 4.78 is 6.40. The predicted octanol–water partition coefficient (Wildman–Crippen LogP) is 1.40. The molecule has 0 aliphatic rings. The molecule has 0 radical (unpaired) electrons. The summed E-state index contributed by atoms with van der Waals surface area (Å²) in [6, 6.07) is 0. The molecule has 1 amide bonds. The number of nitrogens with two attached hydrogens (primary N) is 1. The Morgan fingerprint density at radius 2 is 2.11 bits per heavy atom. The van der Waals surface area contributed by atoms with E-state index in [1.165, 1.54) is 0 Å². The van der Waals surface area contributed by atoms with Crippen molar-refractivity contribution >= 4 is 12.4 Å². The van der Waals surface area contributed by atoms with Crippen molar-refractivity contribution in [1.82, 2.24) is 9.55 Å². The first-order valence-corrected chi connectivity index (χ1v) is 5.72. The van der Waals surface area contributed by atoms with E-state index >= 15 is 0 Å². The number of aryl methyl sites for hydroxylation is 1. The summed E-state index contributed by atoms with van der Waals surface area (Å²) in [5.41, 5.74) is 5.94. The first-order chi connectivity index (χ1) is 8.27. The molecule has 0 unspecified atom stereocenters. The maximum Gasteiger partial charge on any atom is 0.404 e. The fourth-order valence-electron chi connectivity index (χ4n) is 1.77. The number of ether oxygens (including phenoxy) is 1. The molecule has 1 aromatic rings. The minimum Gasteiger partial charge on any atom is -0.448 e. The molecule has 18 heavy (non-hydrogen) atoms. The number of hydrogen-bond acceptors (Lipinski definition) is 4. The van der Waals surface area contributed by atoms with Crippen LogP contribution in [0.2, 0.25) is 0 Å². The molecule has 1 heterocycles. The van der Waals surface area contributed by atoms with Crippen molar-refractivity contribution in [2.24, 2.45) is 5.73 Å². The smallest absolute Gasteiger partial charge is 0.404 e. The van der Waals surface area contributed by atoms with Crippen LogP contribution in [0.3, 0.4) is 0 Å². The number of nitrogens with zero attached hydrogens (tertiary/aromatic N) is 2. The number of hydrogen-bond donors (Lipinski definition) is 1. The van der Waals surface area contributed by atoms with E-state index in [0.717, 1.165) is 17.8 Å². The van der Waals surface area contributed by atoms with Crippen LogP contribution < -0.4 is 5.73 Å². The average molecular weight is 253 g/mol. The minimum atomic E-state index is -0.823. The van der Waals surface area contributed by atoms with E-state index in [0.29, 0.717) is 12.2 Å². The normalized spacial score (nSPS) is 11.3. The first kappa shape index (κ1) is 14.2. The number of primary amides is 1. The van der Waals surface area contributed by atoms with Gasteiger partial charge < -0.3 is 15.0 Å². The van der Waals surface area contributed by atoms with Crippen molar-refractivity contribution in [1.29, 1.82) is 0 Å². The highest BCUT2D eigenvalue weighted by atomic mass is 16.5. The Balaban J connectivity index is 3.01. The molecule has 2 N–H and O–H groups in total. The summed E-state index contributed by atoms with van der Waals surface area (Å²) in [6.07, 6.45) is -0.0401. The first-order valence-electron chi connectivity index (χ1n) is 5.72. The summed E-state index contributed by atoms with van der Waals surface area (Å²) in [5, 5.41) is 0. The summed E-state index contributed by atoms with van der Waals surface area (Å²) in [4.78, 5) is 26.1. The molecule has 0 fully saturated rings. The van der Waals surface area contributed by atoms with Crippen molar-refractivity contribution in [3.8, 4) is 0 Å². The van der Waals surface area contributed by atoms with Gasteiger partial charge in [-0.1, -0.05) is 20.8 Å². The van der Waals surface area contributed by atoms with Gasteiger partial charge in [0.1, 0.15) is 18.1 Å². The Morgan fingerprint density at radius 1 is 1.50 bits per heavy atom. The van der Waals surface area contributed by atoms with Crippen LogP contribution in [0.1, 0.15) is 42.8 Å². The van der Waals surface area contributed by atoms with Crippen LogP contribution in [0.25, 0.3) is 0 Å². The number of aldehydes is 1. The third kappa shape index (κ3) is 3.09. The standard InChI is InChI=1S/C12H19N3O3/c1-8-14-10(12(2,3)4)9(7-16)15(8)5-6-18-11(13)17/h7H,5-6H2,1-4H3,(H2,13,17). The lowest BCUT2D eigenvalue weighted by molar-refractivity contribution is 0.111. The van der Waals surface area contributed by atoms with Crippen LogP contribution >= 0.6 is 0 Å². The van der Waals surface area contributed by atoms with Crippen molar-refractivity contribution < 1.29 is 14.3 Å². The van der Waals surface area contributed by atoms with Gasteiger partial charge in [0.15, 0.2) is 6.29 Å². The predicted molar refractivity (Wildman–Crippen MR) is 66.6 cm³/mol. The molecule has 0 aliphatic heterocycles. The van der Waals surface area contributed by atoms with Crippen LogP contribution in [-0.4, -0.2) is 28.5 Å². The van der Waals surface area contributed by atoms with E-state index in [9.17, 15) is 9.59 Å². The fraction of sp³-hybridized carbons (Fsp3) is 0.583. The van der Waals surface area contributed by atoms with Gasteiger partial charge >= 0.3 is 6.09 Å². The van der Waals surface area contributed by atoms with Gasteiger partial charge in [-0.05, 0) is 6.92 Å². The Morgan fingerprint density at radius 3 is 2.56 bits per heavy atom. The lowest BCUT2D eigenvalue weighted by atomic mass is 9.91. The van der Waals surface area contributed by atoms with Crippen LogP contribution in [0, 0.1) is 6.92 Å². The van der Waals surface area contributed by atoms with E-state index in [1.807, 2.05) is 27.7 Å². The molecule has 0 aliphatic carbocycles. The molecule has 6 heteroatoms. The molecule has 0 spiro atoms. The zero-order valence-corrected chi connectivity index (χ0v) is 11.2. The molecule has 1 aromatic heterocycles. The Bertz CT molecular complexity index is 458. The Kier molecular flexibility index (Phi) is 4.11. The summed E-state index contributed by atoms with van der Waals surface area (Å²) >= 11 is 0. The SMILES string of the molecule is Cc1nc(C(C)(C)C)c(C=O)n1CCOC(N)=O. The number of aromatic nitrogens is 2. The Labute approximate surface area is 106 Å². The van der Waals surface area contributed by atoms with Crippen molar-refractivity contribution in [3.63, 3.8) is 0 Å². The van der Waals surface area contributed by atoms with Gasteiger partial charge in [0.05, 0.1) is 12.2 Å². The van der Waals surface area contributed by atoms with Gasteiger partial charge in [0.2, 0.25) is 0 Å².